The van der Waals surface area contributed by atoms with Crippen molar-refractivity contribution in [2.24, 2.45) is 11.7 Å². The van der Waals surface area contributed by atoms with E-state index in [1.54, 1.807) is 0 Å². The number of carbonyl (C=O) groups excluding carboxylic acids is 1. The molecule has 1 aliphatic heterocycles. The van der Waals surface area contributed by atoms with E-state index in [9.17, 15) is 4.79 Å². The van der Waals surface area contributed by atoms with Crippen LogP contribution >= 0.6 is 11.3 Å². The first kappa shape index (κ1) is 12.5. The lowest BCUT2D eigenvalue weighted by Crippen LogP contribution is -2.42. The molecule has 2 rings (SSSR count). The van der Waals surface area contributed by atoms with Gasteiger partial charge in [-0.2, -0.15) is 0 Å². The third kappa shape index (κ3) is 2.66. The SMILES string of the molecule is Cc1nc(C)c(C(=O)N2CCC[C@H](CN)C2)s1. The van der Waals surface area contributed by atoms with E-state index >= 15 is 0 Å². The zero-order valence-electron chi connectivity index (χ0n) is 10.4. The molecular formula is C12H19N3OS. The monoisotopic (exact) mass is 253 g/mol. The molecule has 94 valence electrons. The van der Waals surface area contributed by atoms with Crippen LogP contribution in [0.5, 0.6) is 0 Å². The molecule has 1 aliphatic rings. The molecular weight excluding hydrogens is 234 g/mol. The van der Waals surface area contributed by atoms with Crippen molar-refractivity contribution in [3.05, 3.63) is 15.6 Å². The molecule has 0 unspecified atom stereocenters. The van der Waals surface area contributed by atoms with Crippen LogP contribution in [0.3, 0.4) is 0 Å². The Bertz CT molecular complexity index is 416. The zero-order valence-corrected chi connectivity index (χ0v) is 11.2. The van der Waals surface area contributed by atoms with Crippen LogP contribution in [0.2, 0.25) is 0 Å². The average Bonchev–Trinajstić information content (AvgIpc) is 2.67. The van der Waals surface area contributed by atoms with Gasteiger partial charge in [-0.05, 0) is 39.2 Å². The van der Waals surface area contributed by atoms with Crippen molar-refractivity contribution in [2.45, 2.75) is 26.7 Å². The third-order valence-corrected chi connectivity index (χ3v) is 4.30. The Morgan fingerprint density at radius 2 is 2.35 bits per heavy atom. The fourth-order valence-corrected chi connectivity index (χ4v) is 3.20. The van der Waals surface area contributed by atoms with Gasteiger partial charge in [0, 0.05) is 13.1 Å². The van der Waals surface area contributed by atoms with E-state index in [2.05, 4.69) is 4.98 Å². The van der Waals surface area contributed by atoms with Gasteiger partial charge in [-0.15, -0.1) is 11.3 Å². The quantitative estimate of drug-likeness (QED) is 0.870. The molecule has 0 aromatic carbocycles. The first-order chi connectivity index (χ1) is 8.11. The standard InChI is InChI=1S/C12H19N3OS/c1-8-11(17-9(2)14-8)12(16)15-5-3-4-10(6-13)7-15/h10H,3-7,13H2,1-2H3/t10-/m1/s1. The number of hydrogen-bond acceptors (Lipinski definition) is 4. The number of carbonyl (C=O) groups is 1. The van der Waals surface area contributed by atoms with Crippen LogP contribution in [0.1, 0.15) is 33.2 Å². The van der Waals surface area contributed by atoms with E-state index in [0.29, 0.717) is 12.5 Å². The first-order valence-electron chi connectivity index (χ1n) is 6.05. The van der Waals surface area contributed by atoms with E-state index in [1.165, 1.54) is 11.3 Å². The molecule has 5 heteroatoms. The summed E-state index contributed by atoms with van der Waals surface area (Å²) < 4.78 is 0. The predicted octanol–water partition coefficient (Wildman–Crippen LogP) is 1.57. The highest BCUT2D eigenvalue weighted by Crippen LogP contribution is 2.22. The Labute approximate surface area is 106 Å². The molecule has 0 radical (unpaired) electrons. The van der Waals surface area contributed by atoms with Crippen molar-refractivity contribution in [3.63, 3.8) is 0 Å². The number of amides is 1. The second-order valence-corrected chi connectivity index (χ2v) is 5.85. The molecule has 1 fully saturated rings. The van der Waals surface area contributed by atoms with Crippen LogP contribution in [0.15, 0.2) is 0 Å². The van der Waals surface area contributed by atoms with Gasteiger partial charge in [-0.3, -0.25) is 4.79 Å². The van der Waals surface area contributed by atoms with E-state index in [-0.39, 0.29) is 5.91 Å². The van der Waals surface area contributed by atoms with Crippen LogP contribution in [0, 0.1) is 19.8 Å². The molecule has 0 aliphatic carbocycles. The number of nitrogens with two attached hydrogens (primary N) is 1. The smallest absolute Gasteiger partial charge is 0.265 e. The fourth-order valence-electron chi connectivity index (χ4n) is 2.32. The van der Waals surface area contributed by atoms with Gasteiger partial charge in [0.05, 0.1) is 10.7 Å². The number of thiazole rings is 1. The predicted molar refractivity (Wildman–Crippen MR) is 69.3 cm³/mol. The number of likely N-dealkylation sites (tertiary alicyclic amines) is 1. The molecule has 1 atom stereocenters. The molecule has 0 spiro atoms. The number of aromatic nitrogens is 1. The largest absolute Gasteiger partial charge is 0.338 e. The van der Waals surface area contributed by atoms with Gasteiger partial charge in [-0.1, -0.05) is 0 Å². The van der Waals surface area contributed by atoms with E-state index in [0.717, 1.165) is 41.5 Å². The van der Waals surface area contributed by atoms with Gasteiger partial charge in [-0.25, -0.2) is 4.98 Å². The second kappa shape index (κ2) is 5.14. The van der Waals surface area contributed by atoms with Crippen molar-refractivity contribution >= 4 is 17.2 Å². The van der Waals surface area contributed by atoms with Crippen molar-refractivity contribution in [3.8, 4) is 0 Å². The number of nitrogens with zero attached hydrogens (tertiary/aromatic N) is 2. The Morgan fingerprint density at radius 3 is 2.94 bits per heavy atom. The van der Waals surface area contributed by atoms with Crippen molar-refractivity contribution in [2.75, 3.05) is 19.6 Å². The fraction of sp³-hybridized carbons (Fsp3) is 0.667. The van der Waals surface area contributed by atoms with E-state index in [1.807, 2.05) is 18.7 Å². The lowest BCUT2D eigenvalue weighted by molar-refractivity contribution is 0.0682. The molecule has 1 amide bonds. The first-order valence-corrected chi connectivity index (χ1v) is 6.87. The van der Waals surface area contributed by atoms with Crippen LogP contribution in [0.25, 0.3) is 0 Å². The summed E-state index contributed by atoms with van der Waals surface area (Å²) in [4.78, 5) is 19.4. The summed E-state index contributed by atoms with van der Waals surface area (Å²) in [5, 5.41) is 0.957. The minimum Gasteiger partial charge on any atom is -0.338 e. The minimum atomic E-state index is 0.131. The molecule has 0 bridgehead atoms. The van der Waals surface area contributed by atoms with Crippen LogP contribution < -0.4 is 5.73 Å². The van der Waals surface area contributed by atoms with Crippen molar-refractivity contribution in [1.29, 1.82) is 0 Å². The van der Waals surface area contributed by atoms with Crippen molar-refractivity contribution < 1.29 is 4.79 Å². The zero-order chi connectivity index (χ0) is 12.4. The van der Waals surface area contributed by atoms with E-state index in [4.69, 9.17) is 5.73 Å². The highest BCUT2D eigenvalue weighted by molar-refractivity contribution is 7.13. The van der Waals surface area contributed by atoms with Crippen LogP contribution in [-0.2, 0) is 0 Å². The molecule has 17 heavy (non-hydrogen) atoms. The number of rotatable bonds is 2. The maximum atomic E-state index is 12.4. The Balaban J connectivity index is 2.12. The van der Waals surface area contributed by atoms with Crippen LogP contribution in [-0.4, -0.2) is 35.4 Å². The molecule has 1 saturated heterocycles. The number of piperidine rings is 1. The summed E-state index contributed by atoms with van der Waals surface area (Å²) in [5.41, 5.74) is 6.54. The normalized spacial score (nSPS) is 20.6. The van der Waals surface area contributed by atoms with Gasteiger partial charge in [0.15, 0.2) is 0 Å². The van der Waals surface area contributed by atoms with Gasteiger partial charge >= 0.3 is 0 Å². The Kier molecular flexibility index (Phi) is 3.79. The molecule has 1 aromatic heterocycles. The van der Waals surface area contributed by atoms with Gasteiger partial charge < -0.3 is 10.6 Å². The number of hydrogen-bond donors (Lipinski definition) is 1. The van der Waals surface area contributed by atoms with Crippen molar-refractivity contribution in [1.82, 2.24) is 9.88 Å². The molecule has 2 N–H and O–H groups in total. The molecule has 2 heterocycles. The third-order valence-electron chi connectivity index (χ3n) is 3.24. The summed E-state index contributed by atoms with van der Waals surface area (Å²) in [6, 6.07) is 0. The summed E-state index contributed by atoms with van der Waals surface area (Å²) in [6.45, 7) is 6.16. The lowest BCUT2D eigenvalue weighted by Gasteiger charge is -2.31. The Morgan fingerprint density at radius 1 is 1.59 bits per heavy atom. The van der Waals surface area contributed by atoms with E-state index < -0.39 is 0 Å². The summed E-state index contributed by atoms with van der Waals surface area (Å²) in [5.74, 6) is 0.591. The maximum absolute atomic E-state index is 12.4. The highest BCUT2D eigenvalue weighted by Gasteiger charge is 2.26. The topological polar surface area (TPSA) is 59.2 Å². The minimum absolute atomic E-state index is 0.131. The summed E-state index contributed by atoms with van der Waals surface area (Å²) >= 11 is 1.49. The number of aryl methyl sites for hydroxylation is 2. The van der Waals surface area contributed by atoms with Gasteiger partial charge in [0.2, 0.25) is 0 Å². The Hall–Kier alpha value is -0.940. The van der Waals surface area contributed by atoms with Gasteiger partial charge in [0.25, 0.3) is 5.91 Å². The van der Waals surface area contributed by atoms with Crippen LogP contribution in [0.4, 0.5) is 0 Å². The molecule has 0 saturated carbocycles. The second-order valence-electron chi connectivity index (χ2n) is 4.64. The van der Waals surface area contributed by atoms with Gasteiger partial charge in [0.1, 0.15) is 4.88 Å². The average molecular weight is 253 g/mol. The maximum Gasteiger partial charge on any atom is 0.265 e. The summed E-state index contributed by atoms with van der Waals surface area (Å²) in [6.07, 6.45) is 2.20. The summed E-state index contributed by atoms with van der Waals surface area (Å²) in [7, 11) is 0. The lowest BCUT2D eigenvalue weighted by atomic mass is 9.98. The highest BCUT2D eigenvalue weighted by atomic mass is 32.1. The molecule has 4 nitrogen and oxygen atoms in total. The molecule has 1 aromatic rings.